The number of unbranched alkanes of at least 4 members (excludes halogenated alkanes) is 1. The average molecular weight is 353 g/mol. The van der Waals surface area contributed by atoms with Gasteiger partial charge in [0.05, 0.1) is 19.6 Å². The lowest BCUT2D eigenvalue weighted by Crippen LogP contribution is -2.59. The molecule has 1 saturated heterocycles. The Hall–Kier alpha value is -1.94. The lowest BCUT2D eigenvalue weighted by Gasteiger charge is -2.53. The van der Waals surface area contributed by atoms with Gasteiger partial charge in [-0.05, 0) is 49.1 Å². The third-order valence-corrected chi connectivity index (χ3v) is 6.80. The molecule has 1 fully saturated rings. The van der Waals surface area contributed by atoms with Crippen molar-refractivity contribution in [2.75, 3.05) is 27.3 Å². The largest absolute Gasteiger partial charge is 0.497 e. The summed E-state index contributed by atoms with van der Waals surface area (Å²) in [4.78, 5) is 2.69. The van der Waals surface area contributed by atoms with Gasteiger partial charge in [-0.15, -0.1) is 0 Å². The fourth-order valence-corrected chi connectivity index (χ4v) is 5.63. The van der Waals surface area contributed by atoms with E-state index in [0.717, 1.165) is 36.6 Å². The van der Waals surface area contributed by atoms with E-state index in [0.29, 0.717) is 6.04 Å². The zero-order valence-electron chi connectivity index (χ0n) is 15.9. The van der Waals surface area contributed by atoms with Crippen LogP contribution in [0.25, 0.3) is 0 Å². The molecule has 1 spiro atoms. The number of hydrogen-bond donors (Lipinski definition) is 0. The number of benzene rings is 1. The highest BCUT2D eigenvalue weighted by molar-refractivity contribution is 5.67. The molecule has 0 amide bonds. The van der Waals surface area contributed by atoms with Crippen LogP contribution in [0.3, 0.4) is 0 Å². The first-order valence-corrected chi connectivity index (χ1v) is 9.82. The Bertz CT molecular complexity index is 812. The van der Waals surface area contributed by atoms with E-state index in [2.05, 4.69) is 36.1 Å². The van der Waals surface area contributed by atoms with Crippen LogP contribution in [0.1, 0.15) is 37.3 Å². The van der Waals surface area contributed by atoms with Crippen molar-refractivity contribution in [1.82, 2.24) is 4.90 Å². The van der Waals surface area contributed by atoms with E-state index >= 15 is 0 Å². The average Bonchev–Trinajstić information content (AvgIpc) is 3.01. The van der Waals surface area contributed by atoms with E-state index in [1.165, 1.54) is 36.1 Å². The highest BCUT2D eigenvalue weighted by Gasteiger charge is 2.62. The van der Waals surface area contributed by atoms with E-state index in [4.69, 9.17) is 14.2 Å². The first-order chi connectivity index (χ1) is 12.7. The molecule has 1 aromatic carbocycles. The van der Waals surface area contributed by atoms with Crippen molar-refractivity contribution in [1.29, 1.82) is 0 Å². The summed E-state index contributed by atoms with van der Waals surface area (Å²) in [6, 6.07) is 4.80. The van der Waals surface area contributed by atoms with Crippen molar-refractivity contribution in [3.63, 3.8) is 0 Å². The number of ether oxygens (including phenoxy) is 3. The lowest BCUT2D eigenvalue weighted by molar-refractivity contribution is 0.0637. The first-order valence-electron chi connectivity index (χ1n) is 9.82. The molecule has 4 heteroatoms. The van der Waals surface area contributed by atoms with Crippen molar-refractivity contribution >= 4 is 0 Å². The fourth-order valence-electron chi connectivity index (χ4n) is 5.63. The second-order valence-corrected chi connectivity index (χ2v) is 7.85. The number of methoxy groups -OCH3 is 2. The molecule has 4 nitrogen and oxygen atoms in total. The molecule has 0 N–H and O–H groups in total. The standard InChI is InChI=1S/C22H27NO3/c1-4-5-11-23-12-10-22-15-7-9-18(25-3)21(22)26-20-17(24-2)8-6-14(19(20)22)13-16(15)23/h6-9,16,21H,4-5,10-13H2,1-3H3/t16-,21+,22+/m1/s1. The van der Waals surface area contributed by atoms with Crippen molar-refractivity contribution < 1.29 is 14.2 Å². The van der Waals surface area contributed by atoms with Crippen LogP contribution in [-0.4, -0.2) is 44.4 Å². The van der Waals surface area contributed by atoms with Crippen LogP contribution in [0, 0.1) is 0 Å². The molecule has 2 aliphatic carbocycles. The predicted molar refractivity (Wildman–Crippen MR) is 101 cm³/mol. The fraction of sp³-hybridized carbons (Fsp3) is 0.545. The molecule has 2 bridgehead atoms. The van der Waals surface area contributed by atoms with Gasteiger partial charge in [-0.25, -0.2) is 0 Å². The molecule has 138 valence electrons. The predicted octanol–water partition coefficient (Wildman–Crippen LogP) is 3.59. The molecule has 0 unspecified atom stereocenters. The molecule has 0 saturated carbocycles. The van der Waals surface area contributed by atoms with Gasteiger partial charge in [-0.2, -0.15) is 0 Å². The van der Waals surface area contributed by atoms with Gasteiger partial charge in [0.15, 0.2) is 17.6 Å². The van der Waals surface area contributed by atoms with Gasteiger partial charge in [-0.3, -0.25) is 4.90 Å². The molecule has 1 aromatic rings. The minimum atomic E-state index is -0.0784. The third kappa shape index (κ3) is 1.88. The second-order valence-electron chi connectivity index (χ2n) is 7.85. The number of allylic oxidation sites excluding steroid dienone is 2. The van der Waals surface area contributed by atoms with Crippen LogP contribution in [-0.2, 0) is 16.6 Å². The van der Waals surface area contributed by atoms with E-state index in [-0.39, 0.29) is 11.5 Å². The molecule has 26 heavy (non-hydrogen) atoms. The van der Waals surface area contributed by atoms with Crippen molar-refractivity contribution in [3.05, 3.63) is 46.7 Å². The Morgan fingerprint density at radius 1 is 1.23 bits per heavy atom. The summed E-state index contributed by atoms with van der Waals surface area (Å²) in [6.07, 6.45) is 9.03. The Labute approximate surface area is 155 Å². The summed E-state index contributed by atoms with van der Waals surface area (Å²) in [6.45, 7) is 4.57. The molecule has 0 radical (unpaired) electrons. The monoisotopic (exact) mass is 353 g/mol. The van der Waals surface area contributed by atoms with Crippen molar-refractivity contribution in [3.8, 4) is 11.5 Å². The number of piperidine rings is 1. The molecule has 2 heterocycles. The number of likely N-dealkylation sites (tertiary alicyclic amines) is 1. The van der Waals surface area contributed by atoms with Gasteiger partial charge < -0.3 is 14.2 Å². The smallest absolute Gasteiger partial charge is 0.169 e. The summed E-state index contributed by atoms with van der Waals surface area (Å²) < 4.78 is 17.9. The summed E-state index contributed by atoms with van der Waals surface area (Å²) in [5.74, 6) is 2.71. The van der Waals surface area contributed by atoms with Gasteiger partial charge in [-0.1, -0.05) is 25.5 Å². The lowest BCUT2D eigenvalue weighted by atomic mass is 9.57. The summed E-state index contributed by atoms with van der Waals surface area (Å²) in [5, 5.41) is 0. The van der Waals surface area contributed by atoms with Crippen LogP contribution in [0.5, 0.6) is 11.5 Å². The second kappa shape index (κ2) is 5.78. The topological polar surface area (TPSA) is 30.9 Å². The quantitative estimate of drug-likeness (QED) is 0.809. The van der Waals surface area contributed by atoms with Crippen LogP contribution >= 0.6 is 0 Å². The van der Waals surface area contributed by atoms with E-state index in [1.807, 2.05) is 0 Å². The highest BCUT2D eigenvalue weighted by Crippen LogP contribution is 2.62. The Kier molecular flexibility index (Phi) is 3.61. The molecule has 2 aliphatic heterocycles. The zero-order valence-corrected chi connectivity index (χ0v) is 15.9. The van der Waals surface area contributed by atoms with Crippen LogP contribution in [0.2, 0.25) is 0 Å². The molecule has 4 aliphatic rings. The van der Waals surface area contributed by atoms with Crippen LogP contribution in [0.4, 0.5) is 0 Å². The molecular formula is C22H27NO3. The number of rotatable bonds is 5. The van der Waals surface area contributed by atoms with Gasteiger partial charge in [0.1, 0.15) is 5.76 Å². The maximum Gasteiger partial charge on any atom is 0.169 e. The number of hydrogen-bond acceptors (Lipinski definition) is 4. The minimum Gasteiger partial charge on any atom is -0.497 e. The van der Waals surface area contributed by atoms with Gasteiger partial charge in [0.25, 0.3) is 0 Å². The van der Waals surface area contributed by atoms with Gasteiger partial charge in [0.2, 0.25) is 0 Å². The van der Waals surface area contributed by atoms with E-state index < -0.39 is 0 Å². The summed E-state index contributed by atoms with van der Waals surface area (Å²) in [7, 11) is 3.48. The number of nitrogens with zero attached hydrogens (tertiary/aromatic N) is 1. The minimum absolute atomic E-state index is 0.0614. The van der Waals surface area contributed by atoms with Crippen molar-refractivity contribution in [2.24, 2.45) is 0 Å². The normalized spacial score (nSPS) is 30.9. The SMILES string of the molecule is CCCCN1CC[C@@]23C4=CC=C(OC)[C@@H]2Oc2c(OC)ccc(c23)C[C@H]41. The Morgan fingerprint density at radius 2 is 2.12 bits per heavy atom. The van der Waals surface area contributed by atoms with Crippen LogP contribution < -0.4 is 9.47 Å². The van der Waals surface area contributed by atoms with Crippen molar-refractivity contribution in [2.45, 2.75) is 50.2 Å². The van der Waals surface area contributed by atoms with Gasteiger partial charge >= 0.3 is 0 Å². The Balaban J connectivity index is 1.70. The van der Waals surface area contributed by atoms with E-state index in [9.17, 15) is 0 Å². The summed E-state index contributed by atoms with van der Waals surface area (Å²) >= 11 is 0. The third-order valence-electron chi connectivity index (χ3n) is 6.80. The maximum atomic E-state index is 6.54. The maximum absolute atomic E-state index is 6.54. The van der Waals surface area contributed by atoms with E-state index in [1.54, 1.807) is 14.2 Å². The molecule has 0 aromatic heterocycles. The molecular weight excluding hydrogens is 326 g/mol. The zero-order chi connectivity index (χ0) is 17.9. The first kappa shape index (κ1) is 16.2. The highest BCUT2D eigenvalue weighted by atomic mass is 16.6. The molecule has 3 atom stereocenters. The molecule has 5 rings (SSSR count). The van der Waals surface area contributed by atoms with Crippen LogP contribution in [0.15, 0.2) is 35.6 Å². The summed E-state index contributed by atoms with van der Waals surface area (Å²) in [5.41, 5.74) is 4.22. The van der Waals surface area contributed by atoms with Gasteiger partial charge in [0, 0.05) is 18.2 Å². The Morgan fingerprint density at radius 3 is 2.88 bits per heavy atom.